The van der Waals surface area contributed by atoms with Gasteiger partial charge in [-0.3, -0.25) is 10.1 Å². The number of cyclic esters (lactones) is 1. The maximum Gasteiger partial charge on any atom is 0.363 e. The molecule has 0 spiro atoms. The largest absolute Gasteiger partial charge is 0.490 e. The van der Waals surface area contributed by atoms with Gasteiger partial charge in [-0.15, -0.1) is 0 Å². The molecule has 8 nitrogen and oxygen atoms in total. The molecule has 0 N–H and O–H groups in total. The molecule has 0 saturated heterocycles. The van der Waals surface area contributed by atoms with Crippen LogP contribution in [0.25, 0.3) is 6.08 Å². The molecule has 4 rings (SSSR count). The van der Waals surface area contributed by atoms with Crippen molar-refractivity contribution in [2.45, 2.75) is 13.5 Å². The van der Waals surface area contributed by atoms with E-state index in [0.717, 1.165) is 5.56 Å². The summed E-state index contributed by atoms with van der Waals surface area (Å²) in [4.78, 5) is 26.7. The summed E-state index contributed by atoms with van der Waals surface area (Å²) < 4.78 is 30.6. The molecule has 3 aromatic rings. The number of benzene rings is 3. The molecule has 9 heteroatoms. The molecule has 0 unspecified atom stereocenters. The number of nitro groups is 1. The summed E-state index contributed by atoms with van der Waals surface area (Å²) in [5.41, 5.74) is 1.49. The monoisotopic (exact) mass is 462 g/mol. The molecular weight excluding hydrogens is 443 g/mol. The minimum absolute atomic E-state index is 0.00223. The number of hydrogen-bond acceptors (Lipinski definition) is 7. The van der Waals surface area contributed by atoms with Crippen LogP contribution < -0.4 is 9.47 Å². The number of carbonyl (C=O) groups is 1. The highest BCUT2D eigenvalue weighted by Crippen LogP contribution is 2.31. The molecular formula is C25H19FN2O6. The van der Waals surface area contributed by atoms with Gasteiger partial charge >= 0.3 is 5.97 Å². The second-order valence-electron chi connectivity index (χ2n) is 7.17. The molecule has 1 aliphatic rings. The lowest BCUT2D eigenvalue weighted by atomic mass is 10.1. The average Bonchev–Trinajstić information content (AvgIpc) is 3.19. The van der Waals surface area contributed by atoms with Gasteiger partial charge in [-0.05, 0) is 60.5 Å². The smallest absolute Gasteiger partial charge is 0.363 e. The van der Waals surface area contributed by atoms with E-state index in [1.54, 1.807) is 36.4 Å². The number of aliphatic imine (C=N–C) groups is 1. The first kappa shape index (κ1) is 22.7. The Balaban J connectivity index is 1.54. The molecule has 0 fully saturated rings. The van der Waals surface area contributed by atoms with Gasteiger partial charge in [0.2, 0.25) is 5.90 Å². The van der Waals surface area contributed by atoms with Crippen molar-refractivity contribution in [1.29, 1.82) is 0 Å². The highest BCUT2D eigenvalue weighted by atomic mass is 19.1. The minimum Gasteiger partial charge on any atom is -0.490 e. The van der Waals surface area contributed by atoms with Crippen LogP contribution in [0.1, 0.15) is 23.6 Å². The van der Waals surface area contributed by atoms with Crippen LogP contribution in [0, 0.1) is 15.9 Å². The first-order valence-electron chi connectivity index (χ1n) is 10.3. The highest BCUT2D eigenvalue weighted by molar-refractivity contribution is 6.12. The number of carbonyl (C=O) groups excluding carboxylic acids is 1. The fourth-order valence-corrected chi connectivity index (χ4v) is 3.19. The zero-order valence-electron chi connectivity index (χ0n) is 18.1. The van der Waals surface area contributed by atoms with Crippen LogP contribution in [-0.2, 0) is 16.1 Å². The van der Waals surface area contributed by atoms with Crippen LogP contribution in [0.15, 0.2) is 77.4 Å². The van der Waals surface area contributed by atoms with E-state index < -0.39 is 16.7 Å². The molecule has 0 saturated carbocycles. The van der Waals surface area contributed by atoms with E-state index in [4.69, 9.17) is 14.2 Å². The van der Waals surface area contributed by atoms with Crippen molar-refractivity contribution in [2.75, 3.05) is 6.61 Å². The van der Waals surface area contributed by atoms with Crippen molar-refractivity contribution >= 4 is 23.6 Å². The predicted octanol–water partition coefficient (Wildman–Crippen LogP) is 5.06. The van der Waals surface area contributed by atoms with Gasteiger partial charge in [0, 0.05) is 12.1 Å². The summed E-state index contributed by atoms with van der Waals surface area (Å²) in [5.74, 6) is -0.407. The standard InChI is InChI=1S/C25H19FN2O6/c1-2-32-23-14-17(9-12-22(23)33-15-16-7-10-18(11-8-16)28(30)31)13-21-25(29)34-24(27-21)19-5-3-4-6-20(19)26/h3-14H,2,15H2,1H3. The Kier molecular flexibility index (Phi) is 6.63. The Morgan fingerprint density at radius 2 is 1.82 bits per heavy atom. The lowest BCUT2D eigenvalue weighted by Gasteiger charge is -2.13. The van der Waals surface area contributed by atoms with Crippen molar-refractivity contribution in [1.82, 2.24) is 0 Å². The molecule has 34 heavy (non-hydrogen) atoms. The zero-order chi connectivity index (χ0) is 24.1. The van der Waals surface area contributed by atoms with Crippen molar-refractivity contribution in [3.8, 4) is 11.5 Å². The normalized spacial score (nSPS) is 14.0. The summed E-state index contributed by atoms with van der Waals surface area (Å²) in [5, 5.41) is 10.8. The fourth-order valence-electron chi connectivity index (χ4n) is 3.19. The average molecular weight is 462 g/mol. The van der Waals surface area contributed by atoms with E-state index in [9.17, 15) is 19.3 Å². The van der Waals surface area contributed by atoms with E-state index in [1.807, 2.05) is 6.92 Å². The van der Waals surface area contributed by atoms with Gasteiger partial charge in [-0.25, -0.2) is 14.2 Å². The van der Waals surface area contributed by atoms with Crippen molar-refractivity contribution < 1.29 is 28.3 Å². The predicted molar refractivity (Wildman–Crippen MR) is 122 cm³/mol. The van der Waals surface area contributed by atoms with Gasteiger partial charge in [0.25, 0.3) is 5.69 Å². The zero-order valence-corrected chi connectivity index (χ0v) is 18.1. The summed E-state index contributed by atoms with van der Waals surface area (Å²) in [6.07, 6.45) is 1.51. The lowest BCUT2D eigenvalue weighted by Crippen LogP contribution is -2.07. The van der Waals surface area contributed by atoms with Crippen molar-refractivity contribution in [2.24, 2.45) is 4.99 Å². The molecule has 0 amide bonds. The maximum absolute atomic E-state index is 14.0. The van der Waals surface area contributed by atoms with Gasteiger partial charge in [0.05, 0.1) is 17.1 Å². The van der Waals surface area contributed by atoms with E-state index in [0.29, 0.717) is 23.7 Å². The van der Waals surface area contributed by atoms with E-state index in [2.05, 4.69) is 4.99 Å². The van der Waals surface area contributed by atoms with Crippen LogP contribution in [0.2, 0.25) is 0 Å². The first-order valence-corrected chi connectivity index (χ1v) is 10.3. The molecule has 0 radical (unpaired) electrons. The van der Waals surface area contributed by atoms with Crippen LogP contribution >= 0.6 is 0 Å². The minimum atomic E-state index is -0.685. The summed E-state index contributed by atoms with van der Waals surface area (Å²) >= 11 is 0. The lowest BCUT2D eigenvalue weighted by molar-refractivity contribution is -0.384. The van der Waals surface area contributed by atoms with Gasteiger partial charge in [0.15, 0.2) is 17.2 Å². The second kappa shape index (κ2) is 9.95. The van der Waals surface area contributed by atoms with Gasteiger partial charge in [-0.1, -0.05) is 18.2 Å². The molecule has 1 aliphatic heterocycles. The van der Waals surface area contributed by atoms with Crippen LogP contribution in [-0.4, -0.2) is 23.4 Å². The Morgan fingerprint density at radius 1 is 1.06 bits per heavy atom. The number of hydrogen-bond donors (Lipinski definition) is 0. The third-order valence-electron chi connectivity index (χ3n) is 4.84. The SMILES string of the molecule is CCOc1cc(C=C2N=C(c3ccccc3F)OC2=O)ccc1OCc1ccc([N+](=O)[O-])cc1. The maximum atomic E-state index is 14.0. The molecule has 3 aromatic carbocycles. The Bertz CT molecular complexity index is 1300. The molecule has 0 aliphatic carbocycles. The molecule has 0 aromatic heterocycles. The highest BCUT2D eigenvalue weighted by Gasteiger charge is 2.26. The van der Waals surface area contributed by atoms with E-state index in [-0.39, 0.29) is 29.5 Å². The Morgan fingerprint density at radius 3 is 2.53 bits per heavy atom. The van der Waals surface area contributed by atoms with Crippen LogP contribution in [0.3, 0.4) is 0 Å². The van der Waals surface area contributed by atoms with Crippen molar-refractivity contribution in [3.05, 3.63) is 105 Å². The topological polar surface area (TPSA) is 100 Å². The van der Waals surface area contributed by atoms with Crippen molar-refractivity contribution in [3.63, 3.8) is 0 Å². The van der Waals surface area contributed by atoms with Gasteiger partial charge in [0.1, 0.15) is 12.4 Å². The number of rotatable bonds is 8. The summed E-state index contributed by atoms with van der Waals surface area (Å²) in [6, 6.07) is 17.0. The molecule has 0 atom stereocenters. The first-order chi connectivity index (χ1) is 16.4. The Hall–Kier alpha value is -4.53. The van der Waals surface area contributed by atoms with Crippen LogP contribution in [0.5, 0.6) is 11.5 Å². The number of ether oxygens (including phenoxy) is 3. The van der Waals surface area contributed by atoms with Gasteiger partial charge in [-0.2, -0.15) is 0 Å². The third-order valence-corrected chi connectivity index (χ3v) is 4.84. The summed E-state index contributed by atoms with van der Waals surface area (Å²) in [7, 11) is 0. The molecule has 172 valence electrons. The Labute approximate surface area is 194 Å². The van der Waals surface area contributed by atoms with E-state index in [1.165, 1.54) is 36.4 Å². The number of esters is 1. The molecule has 1 heterocycles. The second-order valence-corrected chi connectivity index (χ2v) is 7.17. The quantitative estimate of drug-likeness (QED) is 0.201. The number of non-ortho nitro benzene ring substituents is 1. The summed E-state index contributed by atoms with van der Waals surface area (Å²) in [6.45, 7) is 2.39. The van der Waals surface area contributed by atoms with E-state index >= 15 is 0 Å². The number of nitro benzene ring substituents is 1. The fraction of sp³-hybridized carbons (Fsp3) is 0.120. The van der Waals surface area contributed by atoms with Gasteiger partial charge < -0.3 is 14.2 Å². The van der Waals surface area contributed by atoms with Crippen LogP contribution in [0.4, 0.5) is 10.1 Å². The number of nitrogens with zero attached hydrogens (tertiary/aromatic N) is 2. The number of halogens is 1. The molecule has 0 bridgehead atoms. The third kappa shape index (κ3) is 5.09.